The second-order valence-corrected chi connectivity index (χ2v) is 6.26. The summed E-state index contributed by atoms with van der Waals surface area (Å²) >= 11 is 1.37. The number of carbonyl (C=O) groups excluding carboxylic acids is 3. The summed E-state index contributed by atoms with van der Waals surface area (Å²) in [4.78, 5) is 38.5. The number of thiophene rings is 1. The maximum Gasteiger partial charge on any atom is 0.266 e. The zero-order chi connectivity index (χ0) is 14.7. The molecule has 2 aliphatic rings. The average Bonchev–Trinajstić information content (AvgIpc) is 3.06. The number of nitrogens with one attached hydrogen (secondary N) is 1. The van der Waals surface area contributed by atoms with E-state index in [4.69, 9.17) is 0 Å². The van der Waals surface area contributed by atoms with E-state index in [2.05, 4.69) is 5.32 Å². The molecule has 1 aromatic carbocycles. The Morgan fingerprint density at radius 3 is 2.19 bits per heavy atom. The number of carbonyl (C=O) groups is 3. The third kappa shape index (κ3) is 1.52. The molecule has 102 valence electrons. The van der Waals surface area contributed by atoms with Gasteiger partial charge in [-0.25, -0.2) is 0 Å². The molecule has 5 heteroatoms. The Balaban J connectivity index is 1.98. The maximum absolute atomic E-state index is 12.5. The molecule has 21 heavy (non-hydrogen) atoms. The molecule has 1 aliphatic carbocycles. The monoisotopic (exact) mass is 295 g/mol. The van der Waals surface area contributed by atoms with Crippen LogP contribution in [0.25, 0.3) is 5.70 Å². The zero-order valence-electron chi connectivity index (χ0n) is 11.0. The van der Waals surface area contributed by atoms with Crippen molar-refractivity contribution in [2.75, 3.05) is 0 Å². The molecule has 1 amide bonds. The van der Waals surface area contributed by atoms with E-state index in [9.17, 15) is 14.4 Å². The molecule has 1 aromatic heterocycles. The van der Waals surface area contributed by atoms with Crippen LogP contribution in [0.15, 0.2) is 35.9 Å². The largest absolute Gasteiger partial charge is 0.320 e. The van der Waals surface area contributed by atoms with Crippen molar-refractivity contribution in [3.63, 3.8) is 0 Å². The highest BCUT2D eigenvalue weighted by atomic mass is 32.1. The molecule has 0 fully saturated rings. The number of benzene rings is 1. The Hall–Kier alpha value is -2.53. The topological polar surface area (TPSA) is 63.2 Å². The highest BCUT2D eigenvalue weighted by Crippen LogP contribution is 2.37. The van der Waals surface area contributed by atoms with Gasteiger partial charge in [-0.05, 0) is 13.0 Å². The minimum atomic E-state index is -0.317. The lowest BCUT2D eigenvalue weighted by atomic mass is 10.1. The third-order valence-electron chi connectivity index (χ3n) is 3.69. The Bertz CT molecular complexity index is 852. The molecule has 0 radical (unpaired) electrons. The number of hydrogen-bond donors (Lipinski definition) is 1. The molecule has 0 saturated heterocycles. The molecule has 0 atom stereocenters. The summed E-state index contributed by atoms with van der Waals surface area (Å²) in [6.45, 7) is 1.89. The quantitative estimate of drug-likeness (QED) is 0.600. The summed E-state index contributed by atoms with van der Waals surface area (Å²) in [6, 6.07) is 8.57. The predicted molar refractivity (Wildman–Crippen MR) is 78.5 cm³/mol. The number of rotatable bonds is 0. The molecular formula is C16H9NO3S. The minimum absolute atomic E-state index is 0.0705. The molecule has 0 unspecified atom stereocenters. The van der Waals surface area contributed by atoms with Crippen LogP contribution < -0.4 is 5.32 Å². The van der Waals surface area contributed by atoms with E-state index in [0.29, 0.717) is 27.3 Å². The van der Waals surface area contributed by atoms with Gasteiger partial charge < -0.3 is 5.32 Å². The molecule has 2 heterocycles. The molecule has 1 N–H and O–H groups in total. The summed E-state index contributed by atoms with van der Waals surface area (Å²) in [5.41, 5.74) is 1.89. The van der Waals surface area contributed by atoms with Crippen LogP contribution in [0, 0.1) is 6.92 Å². The maximum atomic E-state index is 12.5. The molecular weight excluding hydrogens is 286 g/mol. The molecule has 2 aromatic rings. The zero-order valence-corrected chi connectivity index (χ0v) is 11.8. The van der Waals surface area contributed by atoms with E-state index in [-0.39, 0.29) is 23.0 Å². The fourth-order valence-corrected chi connectivity index (χ4v) is 3.70. The third-order valence-corrected chi connectivity index (χ3v) is 4.74. The lowest BCUT2D eigenvalue weighted by Crippen LogP contribution is -2.17. The van der Waals surface area contributed by atoms with Crippen molar-refractivity contribution >= 4 is 34.5 Å². The van der Waals surface area contributed by atoms with Crippen molar-refractivity contribution in [3.05, 3.63) is 62.3 Å². The lowest BCUT2D eigenvalue weighted by Gasteiger charge is -2.02. The SMILES string of the molecule is Cc1cc2c(s1)C(=O)NC2=C1C(=O)c2ccccc2C1=O. The highest BCUT2D eigenvalue weighted by Gasteiger charge is 2.39. The summed E-state index contributed by atoms with van der Waals surface area (Å²) in [7, 11) is 0. The molecule has 0 saturated carbocycles. The standard InChI is InChI=1S/C16H9NO3S/c1-7-6-10-12(17-16(20)15(10)21-7)11-13(18)8-4-2-3-5-9(8)14(11)19/h2-6H,1H3,(H,17,20). The number of amides is 1. The van der Waals surface area contributed by atoms with Gasteiger partial charge in [0.05, 0.1) is 11.3 Å². The van der Waals surface area contributed by atoms with Gasteiger partial charge >= 0.3 is 0 Å². The van der Waals surface area contributed by atoms with Gasteiger partial charge in [0.1, 0.15) is 4.88 Å². The number of aryl methyl sites for hydroxylation is 1. The van der Waals surface area contributed by atoms with Crippen LogP contribution in [-0.2, 0) is 0 Å². The van der Waals surface area contributed by atoms with E-state index in [1.54, 1.807) is 24.3 Å². The molecule has 0 spiro atoms. The van der Waals surface area contributed by atoms with Gasteiger partial charge in [0.25, 0.3) is 5.91 Å². The fourth-order valence-electron chi connectivity index (χ4n) is 2.78. The van der Waals surface area contributed by atoms with Gasteiger partial charge in [-0.1, -0.05) is 24.3 Å². The first kappa shape index (κ1) is 12.2. The molecule has 1 aliphatic heterocycles. The Morgan fingerprint density at radius 2 is 1.57 bits per heavy atom. The smallest absolute Gasteiger partial charge is 0.266 e. The van der Waals surface area contributed by atoms with Crippen LogP contribution in [0.4, 0.5) is 0 Å². The highest BCUT2D eigenvalue weighted by molar-refractivity contribution is 7.14. The van der Waals surface area contributed by atoms with E-state index in [0.717, 1.165) is 4.88 Å². The predicted octanol–water partition coefficient (Wildman–Crippen LogP) is 2.59. The number of fused-ring (bicyclic) bond motifs is 2. The Labute approximate surface area is 124 Å². The van der Waals surface area contributed by atoms with Crippen molar-refractivity contribution in [3.8, 4) is 0 Å². The van der Waals surface area contributed by atoms with Gasteiger partial charge in [0, 0.05) is 21.6 Å². The first-order valence-corrected chi connectivity index (χ1v) is 7.24. The second-order valence-electron chi connectivity index (χ2n) is 5.01. The van der Waals surface area contributed by atoms with E-state index in [1.165, 1.54) is 11.3 Å². The van der Waals surface area contributed by atoms with Crippen LogP contribution >= 0.6 is 11.3 Å². The number of allylic oxidation sites excluding steroid dienone is 1. The first-order chi connectivity index (χ1) is 10.1. The second kappa shape index (κ2) is 3.99. The van der Waals surface area contributed by atoms with E-state index in [1.807, 2.05) is 13.0 Å². The van der Waals surface area contributed by atoms with Crippen LogP contribution in [-0.4, -0.2) is 17.5 Å². The van der Waals surface area contributed by atoms with Crippen LogP contribution in [0.1, 0.15) is 40.8 Å². The first-order valence-electron chi connectivity index (χ1n) is 6.43. The number of Topliss-reactive ketones (excluding diaryl/α,β-unsaturated/α-hetero) is 2. The minimum Gasteiger partial charge on any atom is -0.320 e. The Morgan fingerprint density at radius 1 is 0.952 bits per heavy atom. The van der Waals surface area contributed by atoms with E-state index >= 15 is 0 Å². The van der Waals surface area contributed by atoms with E-state index < -0.39 is 0 Å². The fraction of sp³-hybridized carbons (Fsp3) is 0.0625. The summed E-state index contributed by atoms with van der Waals surface area (Å²) in [5.74, 6) is -0.882. The van der Waals surface area contributed by atoms with Gasteiger partial charge in [0.2, 0.25) is 0 Å². The number of ketones is 2. The molecule has 4 rings (SSSR count). The van der Waals surface area contributed by atoms with Crippen molar-refractivity contribution < 1.29 is 14.4 Å². The number of hydrogen-bond acceptors (Lipinski definition) is 4. The summed E-state index contributed by atoms with van der Waals surface area (Å²) < 4.78 is 0. The van der Waals surface area contributed by atoms with Crippen LogP contribution in [0.5, 0.6) is 0 Å². The van der Waals surface area contributed by atoms with Crippen molar-refractivity contribution in [1.82, 2.24) is 5.32 Å². The van der Waals surface area contributed by atoms with Crippen molar-refractivity contribution in [2.24, 2.45) is 0 Å². The van der Waals surface area contributed by atoms with Gasteiger partial charge in [-0.15, -0.1) is 11.3 Å². The van der Waals surface area contributed by atoms with Gasteiger partial charge in [-0.3, -0.25) is 14.4 Å². The van der Waals surface area contributed by atoms with Crippen LogP contribution in [0.3, 0.4) is 0 Å². The van der Waals surface area contributed by atoms with Gasteiger partial charge in [0.15, 0.2) is 11.6 Å². The van der Waals surface area contributed by atoms with Crippen molar-refractivity contribution in [2.45, 2.75) is 6.92 Å². The summed E-state index contributed by atoms with van der Waals surface area (Å²) in [5, 5.41) is 2.67. The average molecular weight is 295 g/mol. The van der Waals surface area contributed by atoms with Crippen LogP contribution in [0.2, 0.25) is 0 Å². The van der Waals surface area contributed by atoms with Crippen molar-refractivity contribution in [1.29, 1.82) is 0 Å². The summed E-state index contributed by atoms with van der Waals surface area (Å²) in [6.07, 6.45) is 0. The molecule has 4 nitrogen and oxygen atoms in total. The normalized spacial score (nSPS) is 16.3. The Kier molecular flexibility index (Phi) is 2.32. The van der Waals surface area contributed by atoms with Gasteiger partial charge in [-0.2, -0.15) is 0 Å². The molecule has 0 bridgehead atoms. The lowest BCUT2D eigenvalue weighted by molar-refractivity contribution is 0.0984.